The Labute approximate surface area is 111 Å². The summed E-state index contributed by atoms with van der Waals surface area (Å²) in [7, 11) is 0. The lowest BCUT2D eigenvalue weighted by Crippen LogP contribution is -2.34. The van der Waals surface area contributed by atoms with Gasteiger partial charge in [0.05, 0.1) is 0 Å². The average molecular weight is 243 g/mol. The third kappa shape index (κ3) is 9.64. The smallest absolute Gasteiger partial charge is 0.00161 e. The second kappa shape index (κ2) is 14.0. The number of hydrogen-bond acceptors (Lipinski definition) is 1. The van der Waals surface area contributed by atoms with E-state index in [4.69, 9.17) is 0 Å². The molecule has 106 valence electrons. The summed E-state index contributed by atoms with van der Waals surface area (Å²) in [5.41, 5.74) is 0. The number of piperidine rings is 1. The van der Waals surface area contributed by atoms with Gasteiger partial charge in [-0.3, -0.25) is 0 Å². The Morgan fingerprint density at radius 2 is 1.53 bits per heavy atom. The first kappa shape index (κ1) is 19.3. The van der Waals surface area contributed by atoms with Gasteiger partial charge in [-0.15, -0.1) is 0 Å². The van der Waals surface area contributed by atoms with Gasteiger partial charge in [0.2, 0.25) is 0 Å². The normalized spacial score (nSPS) is 16.9. The minimum atomic E-state index is 0. The maximum absolute atomic E-state index is 2.64. The fraction of sp³-hybridized carbons (Fsp3) is 1.00. The SMILES string of the molecule is C.CC.CCCCCC1CCN(CCC)CC1. The molecule has 0 N–H and O–H groups in total. The van der Waals surface area contributed by atoms with Crippen LogP contribution < -0.4 is 0 Å². The molecule has 0 saturated carbocycles. The van der Waals surface area contributed by atoms with Crippen LogP contribution in [0.15, 0.2) is 0 Å². The Bertz CT molecular complexity index is 125. The van der Waals surface area contributed by atoms with Gasteiger partial charge in [0.25, 0.3) is 0 Å². The van der Waals surface area contributed by atoms with Crippen LogP contribution in [-0.4, -0.2) is 24.5 Å². The van der Waals surface area contributed by atoms with E-state index in [1.165, 1.54) is 64.6 Å². The van der Waals surface area contributed by atoms with Crippen LogP contribution in [-0.2, 0) is 0 Å². The van der Waals surface area contributed by atoms with Crippen LogP contribution in [0.1, 0.15) is 80.1 Å². The molecule has 0 aromatic heterocycles. The van der Waals surface area contributed by atoms with Gasteiger partial charge in [-0.1, -0.05) is 60.8 Å². The van der Waals surface area contributed by atoms with Crippen LogP contribution in [0.4, 0.5) is 0 Å². The van der Waals surface area contributed by atoms with Crippen LogP contribution in [0, 0.1) is 5.92 Å². The van der Waals surface area contributed by atoms with Crippen molar-refractivity contribution in [2.45, 2.75) is 80.1 Å². The van der Waals surface area contributed by atoms with Crippen LogP contribution in [0.2, 0.25) is 0 Å². The van der Waals surface area contributed by atoms with Gasteiger partial charge in [0.15, 0.2) is 0 Å². The number of likely N-dealkylation sites (tertiary alicyclic amines) is 1. The standard InChI is InChI=1S/C13H27N.C2H6.CH4/c1-3-5-6-7-13-8-11-14(10-4-2)12-9-13;1-2;/h13H,3-12H2,1-2H3;1-2H3;1H4. The van der Waals surface area contributed by atoms with Crippen molar-refractivity contribution in [3.8, 4) is 0 Å². The molecule has 0 amide bonds. The maximum atomic E-state index is 2.64. The molecular weight excluding hydrogens is 206 g/mol. The first-order valence-corrected chi connectivity index (χ1v) is 7.59. The van der Waals surface area contributed by atoms with E-state index in [2.05, 4.69) is 18.7 Å². The van der Waals surface area contributed by atoms with Crippen molar-refractivity contribution in [2.24, 2.45) is 5.92 Å². The predicted molar refractivity (Wildman–Crippen MR) is 81.7 cm³/mol. The highest BCUT2D eigenvalue weighted by Crippen LogP contribution is 2.22. The van der Waals surface area contributed by atoms with E-state index >= 15 is 0 Å². The first-order valence-electron chi connectivity index (χ1n) is 7.59. The van der Waals surface area contributed by atoms with Gasteiger partial charge in [0, 0.05) is 0 Å². The zero-order valence-corrected chi connectivity index (χ0v) is 12.1. The molecule has 1 rings (SSSR count). The fourth-order valence-corrected chi connectivity index (χ4v) is 2.50. The molecule has 1 nitrogen and oxygen atoms in total. The number of nitrogens with zero attached hydrogens (tertiary/aromatic N) is 1. The van der Waals surface area contributed by atoms with Crippen molar-refractivity contribution in [1.82, 2.24) is 4.90 Å². The molecule has 0 aliphatic carbocycles. The van der Waals surface area contributed by atoms with Crippen LogP contribution >= 0.6 is 0 Å². The van der Waals surface area contributed by atoms with E-state index in [1.807, 2.05) is 13.8 Å². The Morgan fingerprint density at radius 1 is 0.941 bits per heavy atom. The molecule has 0 unspecified atom stereocenters. The molecule has 0 aromatic rings. The largest absolute Gasteiger partial charge is 0.303 e. The number of hydrogen-bond donors (Lipinski definition) is 0. The molecule has 17 heavy (non-hydrogen) atoms. The van der Waals surface area contributed by atoms with Crippen molar-refractivity contribution in [3.63, 3.8) is 0 Å². The second-order valence-electron chi connectivity index (χ2n) is 4.78. The lowest BCUT2D eigenvalue weighted by molar-refractivity contribution is 0.177. The van der Waals surface area contributed by atoms with E-state index in [0.717, 1.165) is 5.92 Å². The van der Waals surface area contributed by atoms with Crippen molar-refractivity contribution in [2.75, 3.05) is 19.6 Å². The Morgan fingerprint density at radius 3 is 2.00 bits per heavy atom. The second-order valence-corrected chi connectivity index (χ2v) is 4.78. The van der Waals surface area contributed by atoms with Gasteiger partial charge in [-0.2, -0.15) is 0 Å². The molecule has 1 heteroatoms. The summed E-state index contributed by atoms with van der Waals surface area (Å²) in [6, 6.07) is 0. The topological polar surface area (TPSA) is 3.24 Å². The van der Waals surface area contributed by atoms with Crippen molar-refractivity contribution < 1.29 is 0 Å². The van der Waals surface area contributed by atoms with E-state index in [-0.39, 0.29) is 7.43 Å². The van der Waals surface area contributed by atoms with Gasteiger partial charge < -0.3 is 4.90 Å². The average Bonchev–Trinajstić information content (AvgIpc) is 2.35. The summed E-state index contributed by atoms with van der Waals surface area (Å²) < 4.78 is 0. The zero-order chi connectivity index (χ0) is 12.2. The molecule has 1 heterocycles. The van der Waals surface area contributed by atoms with Gasteiger partial charge in [-0.25, -0.2) is 0 Å². The summed E-state index contributed by atoms with van der Waals surface area (Å²) in [4.78, 5) is 2.64. The molecule has 0 aromatic carbocycles. The van der Waals surface area contributed by atoms with Gasteiger partial charge >= 0.3 is 0 Å². The summed E-state index contributed by atoms with van der Waals surface area (Å²) in [6.45, 7) is 12.6. The van der Waals surface area contributed by atoms with Crippen LogP contribution in [0.3, 0.4) is 0 Å². The Kier molecular flexibility index (Phi) is 15.9. The highest BCUT2D eigenvalue weighted by molar-refractivity contribution is 4.71. The summed E-state index contributed by atoms with van der Waals surface area (Å²) in [5, 5.41) is 0. The lowest BCUT2D eigenvalue weighted by Gasteiger charge is -2.31. The predicted octanol–water partition coefficient (Wildman–Crippen LogP) is 5.35. The minimum Gasteiger partial charge on any atom is -0.303 e. The third-order valence-electron chi connectivity index (χ3n) is 3.46. The lowest BCUT2D eigenvalue weighted by atomic mass is 9.91. The molecule has 1 fully saturated rings. The number of unbranched alkanes of at least 4 members (excludes halogenated alkanes) is 2. The van der Waals surface area contributed by atoms with Crippen LogP contribution in [0.25, 0.3) is 0 Å². The van der Waals surface area contributed by atoms with E-state index < -0.39 is 0 Å². The molecule has 1 saturated heterocycles. The van der Waals surface area contributed by atoms with E-state index in [9.17, 15) is 0 Å². The Hall–Kier alpha value is -0.0400. The molecule has 0 bridgehead atoms. The summed E-state index contributed by atoms with van der Waals surface area (Å²) in [6.07, 6.45) is 10.0. The van der Waals surface area contributed by atoms with E-state index in [1.54, 1.807) is 0 Å². The molecule has 0 atom stereocenters. The molecule has 1 aliphatic heterocycles. The quantitative estimate of drug-likeness (QED) is 0.568. The fourth-order valence-electron chi connectivity index (χ4n) is 2.50. The van der Waals surface area contributed by atoms with Crippen molar-refractivity contribution in [3.05, 3.63) is 0 Å². The maximum Gasteiger partial charge on any atom is -0.00161 e. The molecule has 1 aliphatic rings. The molecule has 0 radical (unpaired) electrons. The third-order valence-corrected chi connectivity index (χ3v) is 3.46. The molecule has 0 spiro atoms. The minimum absolute atomic E-state index is 0. The summed E-state index contributed by atoms with van der Waals surface area (Å²) in [5.74, 6) is 1.05. The van der Waals surface area contributed by atoms with Gasteiger partial charge in [0.1, 0.15) is 0 Å². The highest BCUT2D eigenvalue weighted by atomic mass is 15.1. The van der Waals surface area contributed by atoms with Crippen molar-refractivity contribution >= 4 is 0 Å². The molecular formula is C16H37N. The summed E-state index contributed by atoms with van der Waals surface area (Å²) >= 11 is 0. The van der Waals surface area contributed by atoms with E-state index in [0.29, 0.717) is 0 Å². The zero-order valence-electron chi connectivity index (χ0n) is 12.1. The highest BCUT2D eigenvalue weighted by Gasteiger charge is 2.17. The number of rotatable bonds is 6. The monoisotopic (exact) mass is 243 g/mol. The Balaban J connectivity index is 0. The van der Waals surface area contributed by atoms with Gasteiger partial charge in [-0.05, 0) is 44.8 Å². The first-order chi connectivity index (χ1) is 7.86. The van der Waals surface area contributed by atoms with Crippen molar-refractivity contribution in [1.29, 1.82) is 0 Å². The van der Waals surface area contributed by atoms with Crippen LogP contribution in [0.5, 0.6) is 0 Å².